The summed E-state index contributed by atoms with van der Waals surface area (Å²) >= 11 is 0. The Morgan fingerprint density at radius 2 is 2.33 bits per heavy atom. The minimum absolute atomic E-state index is 0.760. The van der Waals surface area contributed by atoms with E-state index in [2.05, 4.69) is 39.0 Å². The quantitative estimate of drug-likeness (QED) is 0.773. The van der Waals surface area contributed by atoms with Crippen LogP contribution < -0.4 is 5.32 Å². The fraction of sp³-hybridized carbons (Fsp3) is 0.846. The van der Waals surface area contributed by atoms with Crippen LogP contribution in [-0.4, -0.2) is 45.8 Å². The Morgan fingerprint density at radius 3 is 3.11 bits per heavy atom. The van der Waals surface area contributed by atoms with Crippen LogP contribution in [0.2, 0.25) is 0 Å². The van der Waals surface area contributed by atoms with Gasteiger partial charge in [0.25, 0.3) is 0 Å². The third-order valence-corrected chi connectivity index (χ3v) is 3.90. The number of rotatable bonds is 6. The molecule has 1 atom stereocenters. The highest BCUT2D eigenvalue weighted by Crippen LogP contribution is 2.17. The number of nitrogens with one attached hydrogen (secondary N) is 1. The van der Waals surface area contributed by atoms with E-state index in [9.17, 15) is 0 Å². The van der Waals surface area contributed by atoms with Gasteiger partial charge in [0, 0.05) is 12.6 Å². The lowest BCUT2D eigenvalue weighted by Gasteiger charge is -2.32. The van der Waals surface area contributed by atoms with E-state index >= 15 is 0 Å². The number of hydrogen-bond donors (Lipinski definition) is 1. The Kier molecular flexibility index (Phi) is 5.13. The van der Waals surface area contributed by atoms with E-state index in [4.69, 9.17) is 0 Å². The zero-order valence-corrected chi connectivity index (χ0v) is 11.6. The number of aromatic nitrogens is 3. The first-order chi connectivity index (χ1) is 8.81. The highest BCUT2D eigenvalue weighted by Gasteiger charge is 2.17. The van der Waals surface area contributed by atoms with E-state index < -0.39 is 0 Å². The predicted octanol–water partition coefficient (Wildman–Crippen LogP) is 1.26. The van der Waals surface area contributed by atoms with Crippen LogP contribution in [0.3, 0.4) is 0 Å². The molecule has 0 saturated carbocycles. The van der Waals surface area contributed by atoms with Crippen molar-refractivity contribution in [3.05, 3.63) is 12.2 Å². The zero-order valence-electron chi connectivity index (χ0n) is 11.6. The van der Waals surface area contributed by atoms with E-state index in [1.54, 1.807) is 6.33 Å². The molecule has 1 aliphatic heterocycles. The first-order valence-electron chi connectivity index (χ1n) is 7.09. The van der Waals surface area contributed by atoms with Crippen LogP contribution in [0.1, 0.15) is 38.4 Å². The number of aryl methyl sites for hydroxylation is 1. The molecule has 5 heteroatoms. The average Bonchev–Trinajstić information content (AvgIpc) is 2.84. The van der Waals surface area contributed by atoms with Crippen LogP contribution in [0.4, 0.5) is 0 Å². The van der Waals surface area contributed by atoms with Crippen LogP contribution >= 0.6 is 0 Å². The second kappa shape index (κ2) is 6.85. The maximum atomic E-state index is 4.13. The topological polar surface area (TPSA) is 46.0 Å². The normalized spacial score (nSPS) is 21.3. The monoisotopic (exact) mass is 251 g/mol. The largest absolute Gasteiger partial charge is 0.317 e. The van der Waals surface area contributed by atoms with E-state index in [-0.39, 0.29) is 0 Å². The van der Waals surface area contributed by atoms with Gasteiger partial charge >= 0.3 is 0 Å². The summed E-state index contributed by atoms with van der Waals surface area (Å²) in [6.45, 7) is 6.20. The minimum atomic E-state index is 0.760. The van der Waals surface area contributed by atoms with Gasteiger partial charge in [0.1, 0.15) is 12.2 Å². The van der Waals surface area contributed by atoms with Gasteiger partial charge in [0.05, 0.1) is 6.54 Å². The van der Waals surface area contributed by atoms with Crippen molar-refractivity contribution >= 4 is 0 Å². The van der Waals surface area contributed by atoms with Crippen molar-refractivity contribution in [3.63, 3.8) is 0 Å². The lowest BCUT2D eigenvalue weighted by Crippen LogP contribution is -2.38. The number of nitrogens with zero attached hydrogens (tertiary/aromatic N) is 4. The zero-order chi connectivity index (χ0) is 12.8. The van der Waals surface area contributed by atoms with Crippen LogP contribution in [0.5, 0.6) is 0 Å². The summed E-state index contributed by atoms with van der Waals surface area (Å²) in [5.74, 6) is 1.04. The highest BCUT2D eigenvalue weighted by atomic mass is 15.3. The maximum Gasteiger partial charge on any atom is 0.146 e. The fourth-order valence-corrected chi connectivity index (χ4v) is 2.66. The molecule has 1 aromatic heterocycles. The average molecular weight is 251 g/mol. The molecule has 5 nitrogen and oxygen atoms in total. The van der Waals surface area contributed by atoms with Crippen LogP contribution in [0.25, 0.3) is 0 Å². The van der Waals surface area contributed by atoms with Gasteiger partial charge in [-0.05, 0) is 46.3 Å². The molecule has 1 aliphatic rings. The summed E-state index contributed by atoms with van der Waals surface area (Å²) in [7, 11) is 2.25. The molecule has 0 spiro atoms. The summed E-state index contributed by atoms with van der Waals surface area (Å²) in [5.41, 5.74) is 0. The Hall–Kier alpha value is -0.940. The van der Waals surface area contributed by atoms with Gasteiger partial charge < -0.3 is 14.8 Å². The van der Waals surface area contributed by atoms with Gasteiger partial charge in [-0.25, -0.2) is 0 Å². The van der Waals surface area contributed by atoms with Crippen molar-refractivity contribution in [1.29, 1.82) is 0 Å². The van der Waals surface area contributed by atoms with Crippen molar-refractivity contribution in [2.45, 2.75) is 51.7 Å². The lowest BCUT2D eigenvalue weighted by atomic mass is 10.0. The Balaban J connectivity index is 1.66. The molecule has 0 amide bonds. The second-order valence-electron chi connectivity index (χ2n) is 5.13. The molecule has 0 aliphatic carbocycles. The second-order valence-corrected chi connectivity index (χ2v) is 5.13. The molecule has 2 rings (SSSR count). The van der Waals surface area contributed by atoms with E-state index in [1.165, 1.54) is 32.2 Å². The van der Waals surface area contributed by atoms with Crippen molar-refractivity contribution < 1.29 is 0 Å². The van der Waals surface area contributed by atoms with Crippen molar-refractivity contribution in [2.24, 2.45) is 0 Å². The Morgan fingerprint density at radius 1 is 1.44 bits per heavy atom. The third-order valence-electron chi connectivity index (χ3n) is 3.90. The van der Waals surface area contributed by atoms with Gasteiger partial charge in [-0.2, -0.15) is 0 Å². The molecule has 1 saturated heterocycles. The molecule has 102 valence electrons. The summed E-state index contributed by atoms with van der Waals surface area (Å²) in [6, 6.07) is 0.760. The maximum absolute atomic E-state index is 4.13. The van der Waals surface area contributed by atoms with Gasteiger partial charge in [0.15, 0.2) is 0 Å². The Bertz CT molecular complexity index is 349. The lowest BCUT2D eigenvalue weighted by molar-refractivity contribution is 0.175. The van der Waals surface area contributed by atoms with Gasteiger partial charge in [-0.1, -0.05) is 6.42 Å². The van der Waals surface area contributed by atoms with Crippen molar-refractivity contribution in [2.75, 3.05) is 20.1 Å². The third kappa shape index (κ3) is 3.53. The van der Waals surface area contributed by atoms with Crippen molar-refractivity contribution in [1.82, 2.24) is 25.0 Å². The molecule has 18 heavy (non-hydrogen) atoms. The summed E-state index contributed by atoms with van der Waals surface area (Å²) in [6.07, 6.45) is 7.13. The SMILES string of the molecule is CCn1cnnc1CNCCC1CCCCN1C. The van der Waals surface area contributed by atoms with Crippen LogP contribution in [0, 0.1) is 0 Å². The molecule has 1 unspecified atom stereocenters. The molecular formula is C13H25N5. The van der Waals surface area contributed by atoms with Crippen molar-refractivity contribution in [3.8, 4) is 0 Å². The number of likely N-dealkylation sites (tertiary alicyclic amines) is 1. The van der Waals surface area contributed by atoms with Crippen LogP contribution in [0.15, 0.2) is 6.33 Å². The molecule has 0 radical (unpaired) electrons. The van der Waals surface area contributed by atoms with Crippen LogP contribution in [-0.2, 0) is 13.1 Å². The molecule has 1 fully saturated rings. The number of hydrogen-bond acceptors (Lipinski definition) is 4. The molecule has 1 N–H and O–H groups in total. The van der Waals surface area contributed by atoms with Gasteiger partial charge in [-0.15, -0.1) is 10.2 Å². The summed E-state index contributed by atoms with van der Waals surface area (Å²) < 4.78 is 2.08. The number of piperidine rings is 1. The summed E-state index contributed by atoms with van der Waals surface area (Å²) in [4.78, 5) is 2.50. The first-order valence-corrected chi connectivity index (χ1v) is 7.09. The molecule has 1 aromatic rings. The van der Waals surface area contributed by atoms with Gasteiger partial charge in [0.2, 0.25) is 0 Å². The van der Waals surface area contributed by atoms with E-state index in [0.717, 1.165) is 31.5 Å². The Labute approximate surface area is 110 Å². The fourth-order valence-electron chi connectivity index (χ4n) is 2.66. The summed E-state index contributed by atoms with van der Waals surface area (Å²) in [5, 5.41) is 11.5. The van der Waals surface area contributed by atoms with Gasteiger partial charge in [-0.3, -0.25) is 0 Å². The smallest absolute Gasteiger partial charge is 0.146 e. The molecule has 2 heterocycles. The standard InChI is InChI=1S/C13H25N5/c1-3-18-11-15-16-13(18)10-14-8-7-12-6-4-5-9-17(12)2/h11-12,14H,3-10H2,1-2H3. The van der Waals surface area contributed by atoms with E-state index in [1.807, 2.05) is 0 Å². The van der Waals surface area contributed by atoms with E-state index in [0.29, 0.717) is 0 Å². The molecule has 0 bridgehead atoms. The first kappa shape index (κ1) is 13.5. The molecular weight excluding hydrogens is 226 g/mol. The predicted molar refractivity (Wildman–Crippen MR) is 72.3 cm³/mol. The molecule has 0 aromatic carbocycles. The minimum Gasteiger partial charge on any atom is -0.317 e. The highest BCUT2D eigenvalue weighted by molar-refractivity contribution is 4.84.